The number of aliphatic hydroxyl groups is 1. The minimum Gasteiger partial charge on any atom is -0.389 e. The minimum atomic E-state index is -0.626. The van der Waals surface area contributed by atoms with Gasteiger partial charge in [0.1, 0.15) is 11.6 Å². The Labute approximate surface area is 189 Å². The highest BCUT2D eigenvalue weighted by Crippen LogP contribution is 2.51. The Bertz CT molecular complexity index is 1070. The lowest BCUT2D eigenvalue weighted by atomic mass is 9.61. The third-order valence-electron chi connectivity index (χ3n) is 7.43. The van der Waals surface area contributed by atoms with Crippen molar-refractivity contribution in [1.82, 2.24) is 14.9 Å². The van der Waals surface area contributed by atoms with Gasteiger partial charge in [0.15, 0.2) is 0 Å². The van der Waals surface area contributed by atoms with Crippen LogP contribution in [-0.2, 0) is 6.42 Å². The summed E-state index contributed by atoms with van der Waals surface area (Å²) in [5.41, 5.74) is 3.90. The van der Waals surface area contributed by atoms with Crippen LogP contribution in [0.4, 0.5) is 4.39 Å². The van der Waals surface area contributed by atoms with Gasteiger partial charge in [-0.3, -0.25) is 0 Å². The molecule has 1 aromatic heterocycles. The van der Waals surface area contributed by atoms with Crippen LogP contribution in [0.15, 0.2) is 54.6 Å². The van der Waals surface area contributed by atoms with Crippen LogP contribution < -0.4 is 0 Å². The van der Waals surface area contributed by atoms with E-state index in [0.29, 0.717) is 5.92 Å². The number of fused-ring (bicyclic) bond motifs is 3. The van der Waals surface area contributed by atoms with Crippen molar-refractivity contribution < 1.29 is 9.50 Å². The largest absolute Gasteiger partial charge is 0.389 e. The van der Waals surface area contributed by atoms with E-state index >= 15 is 0 Å². The molecule has 2 bridgehead atoms. The summed E-state index contributed by atoms with van der Waals surface area (Å²) in [6, 6.07) is 14.9. The first-order valence-corrected chi connectivity index (χ1v) is 11.8. The minimum absolute atomic E-state index is 0.191. The van der Waals surface area contributed by atoms with Crippen LogP contribution in [-0.4, -0.2) is 45.7 Å². The summed E-state index contributed by atoms with van der Waals surface area (Å²) in [7, 11) is 2.14. The summed E-state index contributed by atoms with van der Waals surface area (Å²) in [6.45, 7) is 1.87. The van der Waals surface area contributed by atoms with E-state index in [9.17, 15) is 9.50 Å². The second-order valence-electron chi connectivity index (χ2n) is 9.67. The summed E-state index contributed by atoms with van der Waals surface area (Å²) in [5, 5.41) is 11.5. The van der Waals surface area contributed by atoms with Crippen LogP contribution in [0, 0.1) is 17.7 Å². The van der Waals surface area contributed by atoms with Gasteiger partial charge in [0.25, 0.3) is 0 Å². The van der Waals surface area contributed by atoms with Gasteiger partial charge >= 0.3 is 0 Å². The van der Waals surface area contributed by atoms with E-state index < -0.39 is 5.60 Å². The van der Waals surface area contributed by atoms with E-state index in [-0.39, 0.29) is 11.7 Å². The number of halogens is 1. The molecule has 0 radical (unpaired) electrons. The Hall–Kier alpha value is -2.50. The molecule has 2 aromatic carbocycles. The zero-order valence-electron chi connectivity index (χ0n) is 18.7. The highest BCUT2D eigenvalue weighted by molar-refractivity contribution is 5.74. The summed E-state index contributed by atoms with van der Waals surface area (Å²) in [4.78, 5) is 10.4. The van der Waals surface area contributed by atoms with Gasteiger partial charge < -0.3 is 15.0 Å². The molecular weight excluding hydrogens is 401 g/mol. The first kappa shape index (κ1) is 21.4. The van der Waals surface area contributed by atoms with Gasteiger partial charge in [-0.2, -0.15) is 0 Å². The molecule has 1 fully saturated rings. The molecule has 168 valence electrons. The first-order chi connectivity index (χ1) is 15.5. The number of H-pyrrole nitrogens is 1. The summed E-state index contributed by atoms with van der Waals surface area (Å²) in [6.07, 6.45) is 8.00. The maximum Gasteiger partial charge on any atom is 0.123 e. The average molecular weight is 434 g/mol. The van der Waals surface area contributed by atoms with Crippen molar-refractivity contribution in [2.75, 3.05) is 20.1 Å². The predicted molar refractivity (Wildman–Crippen MR) is 127 cm³/mol. The van der Waals surface area contributed by atoms with E-state index in [1.165, 1.54) is 17.7 Å². The van der Waals surface area contributed by atoms with Crippen LogP contribution in [0.2, 0.25) is 0 Å². The third-order valence-corrected chi connectivity index (χ3v) is 7.43. The van der Waals surface area contributed by atoms with Crippen molar-refractivity contribution in [2.24, 2.45) is 11.8 Å². The number of benzene rings is 2. The van der Waals surface area contributed by atoms with Gasteiger partial charge in [0.05, 0.1) is 16.6 Å². The molecular formula is C27H32FN3O. The molecule has 0 saturated heterocycles. The molecule has 3 aliphatic carbocycles. The standard InChI is InChI=1S/C27H32FN3O/c1-31(15-4-7-26-29-24-5-2-3-6-25(24)30-26)16-14-27(32)18-20-8-11-21(27)17-23(20)19-9-12-22(28)13-10-19/h2-3,5-6,9-10,12-13,17,20-21,32H,4,7-8,11,14-16,18H2,1H3,(H,29,30)/t20-,21-,27+/m1/s1. The zero-order valence-corrected chi connectivity index (χ0v) is 18.7. The monoisotopic (exact) mass is 433 g/mol. The lowest BCUT2D eigenvalue weighted by Crippen LogP contribution is -2.48. The Morgan fingerprint density at radius 2 is 1.94 bits per heavy atom. The van der Waals surface area contributed by atoms with E-state index in [2.05, 4.69) is 34.1 Å². The van der Waals surface area contributed by atoms with Crippen molar-refractivity contribution in [3.05, 3.63) is 71.8 Å². The second kappa shape index (κ2) is 8.80. The maximum absolute atomic E-state index is 13.3. The smallest absolute Gasteiger partial charge is 0.123 e. The average Bonchev–Trinajstić information content (AvgIpc) is 3.21. The number of rotatable bonds is 8. The molecule has 1 saturated carbocycles. The molecule has 6 rings (SSSR count). The third kappa shape index (κ3) is 4.37. The summed E-state index contributed by atoms with van der Waals surface area (Å²) in [5.74, 6) is 1.40. The van der Waals surface area contributed by atoms with Gasteiger partial charge in [-0.15, -0.1) is 0 Å². The molecule has 0 amide bonds. The normalized spacial score (nSPS) is 24.9. The molecule has 3 aromatic rings. The van der Waals surface area contributed by atoms with Crippen LogP contribution in [0.5, 0.6) is 0 Å². The number of aromatic nitrogens is 2. The Kier molecular flexibility index (Phi) is 5.87. The van der Waals surface area contributed by atoms with Gasteiger partial charge in [0.2, 0.25) is 0 Å². The van der Waals surface area contributed by atoms with Gasteiger partial charge in [-0.1, -0.05) is 30.3 Å². The van der Waals surface area contributed by atoms with Crippen molar-refractivity contribution in [2.45, 2.75) is 44.1 Å². The van der Waals surface area contributed by atoms with Gasteiger partial charge in [-0.05, 0) is 87.0 Å². The lowest BCUT2D eigenvalue weighted by molar-refractivity contribution is -0.0574. The fourth-order valence-corrected chi connectivity index (χ4v) is 5.58. The fourth-order valence-electron chi connectivity index (χ4n) is 5.58. The molecule has 2 N–H and O–H groups in total. The highest BCUT2D eigenvalue weighted by Gasteiger charge is 2.46. The molecule has 1 heterocycles. The number of nitrogens with zero attached hydrogens (tertiary/aromatic N) is 2. The van der Waals surface area contributed by atoms with Crippen LogP contribution in [0.1, 0.15) is 43.5 Å². The number of para-hydroxylation sites is 2. The number of aryl methyl sites for hydroxylation is 1. The number of aromatic amines is 1. The topological polar surface area (TPSA) is 52.2 Å². The lowest BCUT2D eigenvalue weighted by Gasteiger charge is -2.48. The van der Waals surface area contributed by atoms with Crippen molar-refractivity contribution in [1.29, 1.82) is 0 Å². The van der Waals surface area contributed by atoms with Crippen molar-refractivity contribution in [3.8, 4) is 0 Å². The highest BCUT2D eigenvalue weighted by atomic mass is 19.1. The summed E-state index contributed by atoms with van der Waals surface area (Å²) < 4.78 is 13.3. The molecule has 3 atom stereocenters. The Morgan fingerprint density at radius 1 is 1.12 bits per heavy atom. The molecule has 0 spiro atoms. The zero-order chi connectivity index (χ0) is 22.1. The quantitative estimate of drug-likeness (QED) is 0.513. The van der Waals surface area contributed by atoms with E-state index in [1.807, 2.05) is 30.3 Å². The molecule has 3 aliphatic rings. The fraction of sp³-hybridized carbons (Fsp3) is 0.444. The predicted octanol–water partition coefficient (Wildman–Crippen LogP) is 5.20. The molecule has 4 nitrogen and oxygen atoms in total. The van der Waals surface area contributed by atoms with Crippen molar-refractivity contribution >= 4 is 16.6 Å². The molecule has 32 heavy (non-hydrogen) atoms. The molecule has 5 heteroatoms. The van der Waals surface area contributed by atoms with Crippen LogP contribution in [0.3, 0.4) is 0 Å². The number of hydrogen-bond acceptors (Lipinski definition) is 3. The SMILES string of the molecule is CN(CCCc1nc2ccccc2[nH]1)CC[C@]1(O)C[C@H]2CC[C@@H]1C=C2c1ccc(F)cc1. The van der Waals surface area contributed by atoms with E-state index in [0.717, 1.165) is 74.0 Å². The molecule has 0 unspecified atom stereocenters. The van der Waals surface area contributed by atoms with E-state index in [4.69, 9.17) is 0 Å². The van der Waals surface area contributed by atoms with Gasteiger partial charge in [0, 0.05) is 18.9 Å². The van der Waals surface area contributed by atoms with E-state index in [1.54, 1.807) is 0 Å². The maximum atomic E-state index is 13.3. The number of nitrogens with one attached hydrogen (secondary N) is 1. The molecule has 0 aliphatic heterocycles. The van der Waals surface area contributed by atoms with Crippen molar-refractivity contribution in [3.63, 3.8) is 0 Å². The number of imidazole rings is 1. The Morgan fingerprint density at radius 3 is 2.69 bits per heavy atom. The first-order valence-electron chi connectivity index (χ1n) is 11.8. The number of hydrogen-bond donors (Lipinski definition) is 2. The number of allylic oxidation sites excluding steroid dienone is 1. The van der Waals surface area contributed by atoms with Crippen LogP contribution in [0.25, 0.3) is 16.6 Å². The van der Waals surface area contributed by atoms with Crippen LogP contribution >= 0.6 is 0 Å². The van der Waals surface area contributed by atoms with Gasteiger partial charge in [-0.25, -0.2) is 9.37 Å². The Balaban J connectivity index is 1.14. The second-order valence-corrected chi connectivity index (χ2v) is 9.67. The summed E-state index contributed by atoms with van der Waals surface area (Å²) >= 11 is 0.